The van der Waals surface area contributed by atoms with E-state index >= 15 is 0 Å². The predicted octanol–water partition coefficient (Wildman–Crippen LogP) is 1.97. The van der Waals surface area contributed by atoms with Gasteiger partial charge in [-0.25, -0.2) is 0 Å². The van der Waals surface area contributed by atoms with Crippen LogP contribution in [0, 0.1) is 5.92 Å². The number of piperidine rings is 1. The van der Waals surface area contributed by atoms with Crippen LogP contribution in [0.25, 0.3) is 0 Å². The molecular formula is C15H25NO3. The Morgan fingerprint density at radius 3 is 2.42 bits per heavy atom. The molecule has 0 amide bonds. The lowest BCUT2D eigenvalue weighted by Gasteiger charge is -2.35. The molecule has 2 bridgehead atoms. The van der Waals surface area contributed by atoms with E-state index in [-0.39, 0.29) is 12.2 Å². The molecule has 0 saturated carbocycles. The molecular weight excluding hydrogens is 242 g/mol. The zero-order valence-electron chi connectivity index (χ0n) is 11.8. The molecule has 2 unspecified atom stereocenters. The Morgan fingerprint density at radius 2 is 1.79 bits per heavy atom. The second-order valence-electron chi connectivity index (χ2n) is 6.25. The molecule has 4 heteroatoms. The largest absolute Gasteiger partial charge is 0.353 e. The molecule has 3 fully saturated rings. The lowest BCUT2D eigenvalue weighted by molar-refractivity contribution is -0.182. The van der Waals surface area contributed by atoms with Crippen LogP contribution < -0.4 is 0 Å². The molecule has 0 radical (unpaired) electrons. The lowest BCUT2D eigenvalue weighted by Crippen LogP contribution is -2.42. The lowest BCUT2D eigenvalue weighted by atomic mass is 9.86. The number of ether oxygens (including phenoxy) is 2. The van der Waals surface area contributed by atoms with Crippen LogP contribution in [0.4, 0.5) is 0 Å². The summed E-state index contributed by atoms with van der Waals surface area (Å²) in [5.41, 5.74) is 0. The fourth-order valence-electron chi connectivity index (χ4n) is 3.84. The van der Waals surface area contributed by atoms with Crippen molar-refractivity contribution in [2.75, 3.05) is 20.3 Å². The third-order valence-electron chi connectivity index (χ3n) is 5.08. The first-order chi connectivity index (χ1) is 9.24. The van der Waals surface area contributed by atoms with Gasteiger partial charge >= 0.3 is 0 Å². The van der Waals surface area contributed by atoms with Crippen molar-refractivity contribution in [2.24, 2.45) is 5.92 Å². The molecule has 0 N–H and O–H groups in total. The van der Waals surface area contributed by atoms with Crippen LogP contribution in [0.15, 0.2) is 0 Å². The van der Waals surface area contributed by atoms with Gasteiger partial charge in [0, 0.05) is 30.8 Å². The van der Waals surface area contributed by atoms with Crippen molar-refractivity contribution < 1.29 is 14.3 Å². The molecule has 0 spiro atoms. The van der Waals surface area contributed by atoms with Gasteiger partial charge in [0.25, 0.3) is 0 Å². The SMILES string of the molecule is CN1C2CCC1CC(C(=O)CCC1OCCCO1)C2. The van der Waals surface area contributed by atoms with Crippen LogP contribution in [0.3, 0.4) is 0 Å². The number of carbonyl (C=O) groups excluding carboxylic acids is 1. The maximum atomic E-state index is 12.3. The Bertz CT molecular complexity index is 313. The first-order valence-electron chi connectivity index (χ1n) is 7.72. The van der Waals surface area contributed by atoms with Gasteiger partial charge < -0.3 is 14.4 Å². The maximum absolute atomic E-state index is 12.3. The molecule has 3 heterocycles. The predicted molar refractivity (Wildman–Crippen MR) is 71.8 cm³/mol. The van der Waals surface area contributed by atoms with Gasteiger partial charge in [0.2, 0.25) is 0 Å². The highest BCUT2D eigenvalue weighted by atomic mass is 16.7. The summed E-state index contributed by atoms with van der Waals surface area (Å²) < 4.78 is 11.0. The molecule has 4 nitrogen and oxygen atoms in total. The molecule has 3 rings (SSSR count). The van der Waals surface area contributed by atoms with Crippen LogP contribution in [-0.2, 0) is 14.3 Å². The highest BCUT2D eigenvalue weighted by Gasteiger charge is 2.40. The minimum atomic E-state index is -0.138. The van der Waals surface area contributed by atoms with Crippen LogP contribution in [0.5, 0.6) is 0 Å². The third kappa shape index (κ3) is 3.01. The number of fused-ring (bicyclic) bond motifs is 2. The Hall–Kier alpha value is -0.450. The molecule has 108 valence electrons. The zero-order chi connectivity index (χ0) is 13.2. The summed E-state index contributed by atoms with van der Waals surface area (Å²) in [5.74, 6) is 0.722. The van der Waals surface area contributed by atoms with E-state index in [2.05, 4.69) is 11.9 Å². The van der Waals surface area contributed by atoms with E-state index in [0.717, 1.165) is 38.9 Å². The van der Waals surface area contributed by atoms with Crippen LogP contribution in [0.2, 0.25) is 0 Å². The van der Waals surface area contributed by atoms with Crippen molar-refractivity contribution in [2.45, 2.75) is 63.3 Å². The average Bonchev–Trinajstić information content (AvgIpc) is 2.68. The second kappa shape index (κ2) is 5.90. The summed E-state index contributed by atoms with van der Waals surface area (Å²) in [7, 11) is 2.22. The monoisotopic (exact) mass is 267 g/mol. The van der Waals surface area contributed by atoms with Gasteiger partial charge in [-0.15, -0.1) is 0 Å². The molecule has 0 aromatic rings. The second-order valence-corrected chi connectivity index (χ2v) is 6.25. The molecule has 0 aromatic carbocycles. The maximum Gasteiger partial charge on any atom is 0.157 e. The number of Topliss-reactive ketones (excluding diaryl/α,β-unsaturated/α-hetero) is 1. The first-order valence-corrected chi connectivity index (χ1v) is 7.72. The standard InChI is InChI=1S/C15H25NO3/c1-16-12-3-4-13(16)10-11(9-12)14(17)5-6-15-18-7-2-8-19-15/h11-13,15H,2-10H2,1H3. The van der Waals surface area contributed by atoms with E-state index in [1.54, 1.807) is 0 Å². The summed E-state index contributed by atoms with van der Waals surface area (Å²) in [5, 5.41) is 0. The molecule has 3 saturated heterocycles. The van der Waals surface area contributed by atoms with Gasteiger partial charge in [0.15, 0.2) is 6.29 Å². The topological polar surface area (TPSA) is 38.8 Å². The molecule has 0 aliphatic carbocycles. The Balaban J connectivity index is 1.45. The van der Waals surface area contributed by atoms with E-state index in [1.165, 1.54) is 12.8 Å². The molecule has 3 aliphatic rings. The minimum Gasteiger partial charge on any atom is -0.353 e. The van der Waals surface area contributed by atoms with Crippen LogP contribution in [0.1, 0.15) is 44.9 Å². The Morgan fingerprint density at radius 1 is 1.16 bits per heavy atom. The van der Waals surface area contributed by atoms with Crippen molar-refractivity contribution >= 4 is 5.78 Å². The summed E-state index contributed by atoms with van der Waals surface area (Å²) in [6, 6.07) is 1.30. The van der Waals surface area contributed by atoms with E-state index in [9.17, 15) is 4.79 Å². The van der Waals surface area contributed by atoms with Crippen molar-refractivity contribution in [3.63, 3.8) is 0 Å². The third-order valence-corrected chi connectivity index (χ3v) is 5.08. The van der Waals surface area contributed by atoms with E-state index in [4.69, 9.17) is 9.47 Å². The number of carbonyl (C=O) groups is 1. The quantitative estimate of drug-likeness (QED) is 0.780. The summed E-state index contributed by atoms with van der Waals surface area (Å²) in [6.07, 6.45) is 6.89. The number of hydrogen-bond acceptors (Lipinski definition) is 4. The number of rotatable bonds is 4. The van der Waals surface area contributed by atoms with Crippen LogP contribution >= 0.6 is 0 Å². The molecule has 3 aliphatic heterocycles. The van der Waals surface area contributed by atoms with Gasteiger partial charge in [0.05, 0.1) is 13.2 Å². The van der Waals surface area contributed by atoms with Gasteiger partial charge in [-0.2, -0.15) is 0 Å². The molecule has 19 heavy (non-hydrogen) atoms. The average molecular weight is 267 g/mol. The van der Waals surface area contributed by atoms with Gasteiger partial charge in [-0.3, -0.25) is 4.79 Å². The van der Waals surface area contributed by atoms with Gasteiger partial charge in [-0.1, -0.05) is 0 Å². The van der Waals surface area contributed by atoms with Gasteiger partial charge in [-0.05, 0) is 39.2 Å². The van der Waals surface area contributed by atoms with Crippen molar-refractivity contribution in [1.29, 1.82) is 0 Å². The fourth-order valence-corrected chi connectivity index (χ4v) is 3.84. The van der Waals surface area contributed by atoms with E-state index in [1.807, 2.05) is 0 Å². The molecule has 0 aromatic heterocycles. The number of nitrogens with zero attached hydrogens (tertiary/aromatic N) is 1. The highest BCUT2D eigenvalue weighted by molar-refractivity contribution is 5.81. The summed E-state index contributed by atoms with van der Waals surface area (Å²) >= 11 is 0. The normalized spacial score (nSPS) is 36.6. The first kappa shape index (κ1) is 13.5. The van der Waals surface area contributed by atoms with Gasteiger partial charge in [0.1, 0.15) is 5.78 Å². The van der Waals surface area contributed by atoms with E-state index < -0.39 is 0 Å². The van der Waals surface area contributed by atoms with E-state index in [0.29, 0.717) is 24.3 Å². The Labute approximate surface area is 115 Å². The van der Waals surface area contributed by atoms with Crippen LogP contribution in [-0.4, -0.2) is 49.3 Å². The number of ketones is 1. The smallest absolute Gasteiger partial charge is 0.157 e. The Kier molecular flexibility index (Phi) is 4.20. The minimum absolute atomic E-state index is 0.138. The fraction of sp³-hybridized carbons (Fsp3) is 0.933. The number of hydrogen-bond donors (Lipinski definition) is 0. The summed E-state index contributed by atoms with van der Waals surface area (Å²) in [6.45, 7) is 1.55. The zero-order valence-corrected chi connectivity index (χ0v) is 11.8. The summed E-state index contributed by atoms with van der Waals surface area (Å²) in [4.78, 5) is 14.8. The van der Waals surface area contributed by atoms with Crippen molar-refractivity contribution in [3.8, 4) is 0 Å². The highest BCUT2D eigenvalue weighted by Crippen LogP contribution is 2.38. The van der Waals surface area contributed by atoms with Crippen molar-refractivity contribution in [3.05, 3.63) is 0 Å². The van der Waals surface area contributed by atoms with Crippen molar-refractivity contribution in [1.82, 2.24) is 4.90 Å². The molecule has 2 atom stereocenters.